The molecule has 0 aromatic heterocycles. The van der Waals surface area contributed by atoms with E-state index in [9.17, 15) is 9.59 Å². The SMILES string of the molecule is CCc1ccccc1NC(=O)CN1CCN(C(=O)CC2CCCN2)CC1.Cl.Cl. The quantitative estimate of drug-likeness (QED) is 0.726. The third-order valence-electron chi connectivity index (χ3n) is 5.35. The zero-order chi connectivity index (χ0) is 18.4. The number of anilines is 1. The first-order valence-corrected chi connectivity index (χ1v) is 9.77. The Balaban J connectivity index is 0.00000196. The number of para-hydroxylation sites is 1. The lowest BCUT2D eigenvalue weighted by Crippen LogP contribution is -2.51. The van der Waals surface area contributed by atoms with E-state index in [2.05, 4.69) is 22.5 Å². The van der Waals surface area contributed by atoms with E-state index < -0.39 is 0 Å². The van der Waals surface area contributed by atoms with Crippen LogP contribution in [-0.4, -0.2) is 66.9 Å². The van der Waals surface area contributed by atoms with Crippen LogP contribution in [0, 0.1) is 0 Å². The minimum absolute atomic E-state index is 0. The highest BCUT2D eigenvalue weighted by atomic mass is 35.5. The van der Waals surface area contributed by atoms with Crippen molar-refractivity contribution in [1.82, 2.24) is 15.1 Å². The third kappa shape index (κ3) is 6.92. The van der Waals surface area contributed by atoms with Crippen molar-refractivity contribution in [2.45, 2.75) is 38.6 Å². The molecular weight excluding hydrogens is 399 g/mol. The molecule has 2 amide bonds. The second kappa shape index (κ2) is 12.3. The van der Waals surface area contributed by atoms with Crippen LogP contribution >= 0.6 is 24.8 Å². The Kier molecular flexibility index (Phi) is 10.8. The summed E-state index contributed by atoms with van der Waals surface area (Å²) in [4.78, 5) is 28.8. The van der Waals surface area contributed by atoms with Gasteiger partial charge in [0.15, 0.2) is 0 Å². The van der Waals surface area contributed by atoms with Crippen LogP contribution in [0.25, 0.3) is 0 Å². The van der Waals surface area contributed by atoms with Crippen LogP contribution in [-0.2, 0) is 16.0 Å². The monoisotopic (exact) mass is 430 g/mol. The Morgan fingerprint density at radius 1 is 1.14 bits per heavy atom. The van der Waals surface area contributed by atoms with Gasteiger partial charge in [0.25, 0.3) is 0 Å². The van der Waals surface area contributed by atoms with Crippen LogP contribution < -0.4 is 10.6 Å². The van der Waals surface area contributed by atoms with E-state index in [-0.39, 0.29) is 36.6 Å². The molecule has 1 atom stereocenters. The summed E-state index contributed by atoms with van der Waals surface area (Å²) in [6.45, 7) is 6.43. The number of halogens is 2. The topological polar surface area (TPSA) is 64.7 Å². The minimum atomic E-state index is 0. The minimum Gasteiger partial charge on any atom is -0.340 e. The largest absolute Gasteiger partial charge is 0.340 e. The molecule has 2 aliphatic rings. The van der Waals surface area contributed by atoms with Crippen molar-refractivity contribution in [2.24, 2.45) is 0 Å². The maximum Gasteiger partial charge on any atom is 0.238 e. The number of nitrogens with zero attached hydrogens (tertiary/aromatic N) is 2. The molecule has 28 heavy (non-hydrogen) atoms. The van der Waals surface area contributed by atoms with E-state index in [4.69, 9.17) is 0 Å². The van der Waals surface area contributed by atoms with Gasteiger partial charge in [0.05, 0.1) is 6.54 Å². The molecule has 1 unspecified atom stereocenters. The van der Waals surface area contributed by atoms with E-state index >= 15 is 0 Å². The van der Waals surface area contributed by atoms with Gasteiger partial charge in [-0.15, -0.1) is 24.8 Å². The summed E-state index contributed by atoms with van der Waals surface area (Å²) in [5.74, 6) is 0.256. The average molecular weight is 431 g/mol. The molecule has 158 valence electrons. The van der Waals surface area contributed by atoms with Gasteiger partial charge in [-0.1, -0.05) is 25.1 Å². The van der Waals surface area contributed by atoms with Gasteiger partial charge in [0.1, 0.15) is 0 Å². The fourth-order valence-electron chi connectivity index (χ4n) is 3.77. The summed E-state index contributed by atoms with van der Waals surface area (Å²) in [5.41, 5.74) is 2.05. The molecule has 6 nitrogen and oxygen atoms in total. The summed E-state index contributed by atoms with van der Waals surface area (Å²) in [5, 5.41) is 6.40. The highest BCUT2D eigenvalue weighted by Gasteiger charge is 2.25. The zero-order valence-electron chi connectivity index (χ0n) is 16.5. The van der Waals surface area contributed by atoms with E-state index in [0.717, 1.165) is 43.7 Å². The van der Waals surface area contributed by atoms with Crippen molar-refractivity contribution in [3.8, 4) is 0 Å². The molecule has 1 aromatic rings. The Labute approximate surface area is 180 Å². The van der Waals surface area contributed by atoms with Crippen molar-refractivity contribution >= 4 is 42.3 Å². The first kappa shape index (κ1) is 24.7. The van der Waals surface area contributed by atoms with Crippen LogP contribution in [0.2, 0.25) is 0 Å². The Morgan fingerprint density at radius 3 is 2.50 bits per heavy atom. The van der Waals surface area contributed by atoms with Gasteiger partial charge in [-0.2, -0.15) is 0 Å². The number of hydrogen-bond acceptors (Lipinski definition) is 4. The Morgan fingerprint density at radius 2 is 1.86 bits per heavy atom. The van der Waals surface area contributed by atoms with Gasteiger partial charge in [0.2, 0.25) is 11.8 Å². The number of aryl methyl sites for hydroxylation is 1. The number of piperazine rings is 1. The number of rotatable bonds is 6. The van der Waals surface area contributed by atoms with Crippen LogP contribution in [0.4, 0.5) is 5.69 Å². The Bertz CT molecular complexity index is 630. The fourth-order valence-corrected chi connectivity index (χ4v) is 3.77. The van der Waals surface area contributed by atoms with E-state index in [1.54, 1.807) is 0 Å². The molecule has 2 fully saturated rings. The molecule has 0 radical (unpaired) electrons. The average Bonchev–Trinajstić information content (AvgIpc) is 3.15. The Hall–Kier alpha value is -1.34. The van der Waals surface area contributed by atoms with Crippen molar-refractivity contribution < 1.29 is 9.59 Å². The molecule has 0 aliphatic carbocycles. The number of carbonyl (C=O) groups excluding carboxylic acids is 2. The zero-order valence-corrected chi connectivity index (χ0v) is 18.1. The first-order chi connectivity index (χ1) is 12.7. The standard InChI is InChI=1S/C20H30N4O2.2ClH/c1-2-16-6-3-4-8-18(16)22-19(25)15-23-10-12-24(13-11-23)20(26)14-17-7-5-9-21-17;;/h3-4,6,8,17,21H,2,5,7,9-15H2,1H3,(H,22,25);2*1H. The lowest BCUT2D eigenvalue weighted by Gasteiger charge is -2.34. The number of carbonyl (C=O) groups is 2. The lowest BCUT2D eigenvalue weighted by atomic mass is 10.1. The molecule has 8 heteroatoms. The molecular formula is C20H32Cl2N4O2. The lowest BCUT2D eigenvalue weighted by molar-refractivity contribution is -0.133. The van der Waals surface area contributed by atoms with Crippen molar-refractivity contribution in [3.63, 3.8) is 0 Å². The molecule has 1 aromatic carbocycles. The maximum atomic E-state index is 12.4. The summed E-state index contributed by atoms with van der Waals surface area (Å²) in [6.07, 6.45) is 3.77. The molecule has 3 rings (SSSR count). The third-order valence-corrected chi connectivity index (χ3v) is 5.35. The van der Waals surface area contributed by atoms with Gasteiger partial charge in [0, 0.05) is 44.3 Å². The molecule has 0 saturated carbocycles. The van der Waals surface area contributed by atoms with Crippen molar-refractivity contribution in [2.75, 3.05) is 44.6 Å². The van der Waals surface area contributed by atoms with E-state index in [1.807, 2.05) is 29.2 Å². The van der Waals surface area contributed by atoms with Crippen LogP contribution in [0.15, 0.2) is 24.3 Å². The first-order valence-electron chi connectivity index (χ1n) is 9.77. The van der Waals surface area contributed by atoms with Gasteiger partial charge >= 0.3 is 0 Å². The number of benzene rings is 1. The van der Waals surface area contributed by atoms with E-state index in [1.165, 1.54) is 6.42 Å². The normalized spacial score (nSPS) is 19.5. The highest BCUT2D eigenvalue weighted by molar-refractivity contribution is 5.93. The summed E-state index contributed by atoms with van der Waals surface area (Å²) in [7, 11) is 0. The summed E-state index contributed by atoms with van der Waals surface area (Å²) >= 11 is 0. The smallest absolute Gasteiger partial charge is 0.238 e. The van der Waals surface area contributed by atoms with Crippen LogP contribution in [0.3, 0.4) is 0 Å². The second-order valence-electron chi connectivity index (χ2n) is 7.21. The second-order valence-corrected chi connectivity index (χ2v) is 7.21. The maximum absolute atomic E-state index is 12.4. The molecule has 2 saturated heterocycles. The number of amides is 2. The van der Waals surface area contributed by atoms with Crippen LogP contribution in [0.5, 0.6) is 0 Å². The number of hydrogen-bond donors (Lipinski definition) is 2. The van der Waals surface area contributed by atoms with Gasteiger partial charge < -0.3 is 15.5 Å². The van der Waals surface area contributed by atoms with Crippen molar-refractivity contribution in [1.29, 1.82) is 0 Å². The van der Waals surface area contributed by atoms with Gasteiger partial charge in [-0.25, -0.2) is 0 Å². The molecule has 0 spiro atoms. The molecule has 2 N–H and O–H groups in total. The van der Waals surface area contributed by atoms with Crippen LogP contribution in [0.1, 0.15) is 31.7 Å². The molecule has 2 heterocycles. The van der Waals surface area contributed by atoms with Gasteiger partial charge in [-0.05, 0) is 37.4 Å². The highest BCUT2D eigenvalue weighted by Crippen LogP contribution is 2.16. The molecule has 2 aliphatic heterocycles. The van der Waals surface area contributed by atoms with E-state index in [0.29, 0.717) is 32.1 Å². The summed E-state index contributed by atoms with van der Waals surface area (Å²) in [6, 6.07) is 8.28. The van der Waals surface area contributed by atoms with Crippen molar-refractivity contribution in [3.05, 3.63) is 29.8 Å². The number of nitrogens with one attached hydrogen (secondary N) is 2. The predicted molar refractivity (Wildman–Crippen MR) is 118 cm³/mol. The summed E-state index contributed by atoms with van der Waals surface area (Å²) < 4.78 is 0. The fraction of sp³-hybridized carbons (Fsp3) is 0.600. The van der Waals surface area contributed by atoms with Gasteiger partial charge in [-0.3, -0.25) is 14.5 Å². The molecule has 0 bridgehead atoms. The predicted octanol–water partition coefficient (Wildman–Crippen LogP) is 2.32.